The van der Waals surface area contributed by atoms with Gasteiger partial charge in [-0.05, 0) is 76.1 Å². The highest BCUT2D eigenvalue weighted by Crippen LogP contribution is 2.29. The molecule has 0 radical (unpaired) electrons. The zero-order valence-corrected chi connectivity index (χ0v) is 21.0. The van der Waals surface area contributed by atoms with Gasteiger partial charge in [0.05, 0.1) is 18.8 Å². The highest BCUT2D eigenvalue weighted by Gasteiger charge is 2.22. The Kier molecular flexibility index (Phi) is 9.02. The SMILES string of the molecule is CCOc1ccc(CCNCc2c(C(=O)O)c(C)n(Cc3ccc(Cl)cc3)c2C)cc1OCC. The number of nitrogens with zero attached hydrogens (tertiary/aromatic N) is 1. The third-order valence-electron chi connectivity index (χ3n) is 5.88. The third kappa shape index (κ3) is 6.13. The molecule has 0 atom stereocenters. The van der Waals surface area contributed by atoms with E-state index >= 15 is 0 Å². The van der Waals surface area contributed by atoms with Crippen molar-refractivity contribution in [1.82, 2.24) is 9.88 Å². The predicted octanol–water partition coefficient (Wildman–Crippen LogP) is 5.63. The van der Waals surface area contributed by atoms with E-state index in [1.54, 1.807) is 0 Å². The van der Waals surface area contributed by atoms with E-state index in [9.17, 15) is 9.90 Å². The van der Waals surface area contributed by atoms with Crippen LogP contribution < -0.4 is 14.8 Å². The molecule has 182 valence electrons. The van der Waals surface area contributed by atoms with Gasteiger partial charge < -0.3 is 24.5 Å². The Morgan fingerprint density at radius 2 is 1.62 bits per heavy atom. The quantitative estimate of drug-likeness (QED) is 0.326. The molecule has 34 heavy (non-hydrogen) atoms. The molecule has 6 nitrogen and oxygen atoms in total. The van der Waals surface area contributed by atoms with E-state index in [-0.39, 0.29) is 0 Å². The number of halogens is 1. The van der Waals surface area contributed by atoms with E-state index in [0.717, 1.165) is 46.0 Å². The molecule has 3 aromatic rings. The third-order valence-corrected chi connectivity index (χ3v) is 6.13. The van der Waals surface area contributed by atoms with Gasteiger partial charge >= 0.3 is 5.97 Å². The van der Waals surface area contributed by atoms with Crippen LogP contribution in [0.5, 0.6) is 11.5 Å². The van der Waals surface area contributed by atoms with Gasteiger partial charge in [-0.2, -0.15) is 0 Å². The second kappa shape index (κ2) is 12.0. The van der Waals surface area contributed by atoms with Crippen molar-refractivity contribution in [3.05, 3.63) is 81.1 Å². The number of carbonyl (C=O) groups is 1. The van der Waals surface area contributed by atoms with Crippen molar-refractivity contribution in [2.75, 3.05) is 19.8 Å². The Morgan fingerprint density at radius 3 is 2.26 bits per heavy atom. The lowest BCUT2D eigenvalue weighted by Gasteiger charge is -2.13. The molecule has 0 aliphatic rings. The molecule has 7 heteroatoms. The maximum Gasteiger partial charge on any atom is 0.337 e. The molecular weight excluding hydrogens is 452 g/mol. The van der Waals surface area contributed by atoms with Crippen LogP contribution in [-0.4, -0.2) is 35.4 Å². The molecular formula is C27H33ClN2O4. The van der Waals surface area contributed by atoms with Gasteiger partial charge in [0.2, 0.25) is 0 Å². The smallest absolute Gasteiger partial charge is 0.337 e. The van der Waals surface area contributed by atoms with Crippen LogP contribution >= 0.6 is 11.6 Å². The van der Waals surface area contributed by atoms with Crippen LogP contribution in [0.25, 0.3) is 0 Å². The lowest BCUT2D eigenvalue weighted by molar-refractivity contribution is 0.0694. The predicted molar refractivity (Wildman–Crippen MR) is 136 cm³/mol. The van der Waals surface area contributed by atoms with Gasteiger partial charge in [0.1, 0.15) is 0 Å². The fourth-order valence-electron chi connectivity index (χ4n) is 4.16. The molecule has 0 aliphatic carbocycles. The van der Waals surface area contributed by atoms with Crippen molar-refractivity contribution in [3.63, 3.8) is 0 Å². The zero-order valence-electron chi connectivity index (χ0n) is 20.3. The number of carboxylic acids is 1. The number of aromatic carboxylic acids is 1. The van der Waals surface area contributed by atoms with E-state index < -0.39 is 5.97 Å². The second-order valence-corrected chi connectivity index (χ2v) is 8.55. The van der Waals surface area contributed by atoms with Gasteiger partial charge in [-0.3, -0.25) is 0 Å². The Morgan fingerprint density at radius 1 is 0.971 bits per heavy atom. The highest BCUT2D eigenvalue weighted by molar-refractivity contribution is 6.30. The first-order chi connectivity index (χ1) is 16.3. The van der Waals surface area contributed by atoms with Crippen LogP contribution in [0.4, 0.5) is 0 Å². The lowest BCUT2D eigenvalue weighted by atomic mass is 10.1. The topological polar surface area (TPSA) is 72.7 Å². The maximum absolute atomic E-state index is 12.1. The maximum atomic E-state index is 12.1. The molecule has 0 amide bonds. The minimum atomic E-state index is -0.903. The first-order valence-electron chi connectivity index (χ1n) is 11.6. The van der Waals surface area contributed by atoms with Gasteiger partial charge in [0.25, 0.3) is 0 Å². The molecule has 0 spiro atoms. The van der Waals surface area contributed by atoms with Gasteiger partial charge in [0.15, 0.2) is 11.5 Å². The molecule has 2 N–H and O–H groups in total. The lowest BCUT2D eigenvalue weighted by Crippen LogP contribution is -2.19. The van der Waals surface area contributed by atoms with Crippen LogP contribution in [0.1, 0.15) is 52.3 Å². The van der Waals surface area contributed by atoms with E-state index in [4.69, 9.17) is 21.1 Å². The first-order valence-corrected chi connectivity index (χ1v) is 12.0. The second-order valence-electron chi connectivity index (χ2n) is 8.12. The summed E-state index contributed by atoms with van der Waals surface area (Å²) in [6, 6.07) is 13.6. The first kappa shape index (κ1) is 25.7. The van der Waals surface area contributed by atoms with Crippen molar-refractivity contribution >= 4 is 17.6 Å². The summed E-state index contributed by atoms with van der Waals surface area (Å²) in [5.41, 5.74) is 5.11. The Hall–Kier alpha value is -2.96. The molecule has 2 aromatic carbocycles. The number of benzene rings is 2. The molecule has 0 bridgehead atoms. The summed E-state index contributed by atoms with van der Waals surface area (Å²) in [6.45, 7) is 10.7. The van der Waals surface area contributed by atoms with E-state index in [2.05, 4.69) is 9.88 Å². The number of hydrogen-bond acceptors (Lipinski definition) is 4. The van der Waals surface area contributed by atoms with Crippen molar-refractivity contribution in [2.45, 2.75) is 47.2 Å². The van der Waals surface area contributed by atoms with E-state index in [1.807, 2.05) is 70.2 Å². The molecule has 0 saturated carbocycles. The summed E-state index contributed by atoms with van der Waals surface area (Å²) in [5, 5.41) is 14.0. The standard InChI is InChI=1S/C27H33ClN2O4/c1-5-33-24-12-9-20(15-25(24)34-6-2)13-14-29-16-23-18(3)30(19(4)26(23)27(31)32)17-21-7-10-22(28)11-8-21/h7-12,15,29H,5-6,13-14,16-17H2,1-4H3,(H,31,32). The van der Waals surface area contributed by atoms with E-state index in [1.165, 1.54) is 0 Å². The number of carboxylic acid groups (broad SMARTS) is 1. The Balaban J connectivity index is 1.70. The summed E-state index contributed by atoms with van der Waals surface area (Å²) in [6.07, 6.45) is 0.790. The van der Waals surface area contributed by atoms with E-state index in [0.29, 0.717) is 43.4 Å². The fraction of sp³-hybridized carbons (Fsp3) is 0.370. The molecule has 1 heterocycles. The molecule has 0 unspecified atom stereocenters. The van der Waals surface area contributed by atoms with Crippen LogP contribution in [-0.2, 0) is 19.5 Å². The van der Waals surface area contributed by atoms with Crippen LogP contribution in [0.15, 0.2) is 42.5 Å². The average Bonchev–Trinajstić information content (AvgIpc) is 3.04. The zero-order chi connectivity index (χ0) is 24.7. The fourth-order valence-corrected chi connectivity index (χ4v) is 4.28. The highest BCUT2D eigenvalue weighted by atomic mass is 35.5. The van der Waals surface area contributed by atoms with Crippen molar-refractivity contribution in [2.24, 2.45) is 0 Å². The van der Waals surface area contributed by atoms with Gasteiger partial charge in [0, 0.05) is 35.1 Å². The van der Waals surface area contributed by atoms with Crippen LogP contribution in [0, 0.1) is 13.8 Å². The van der Waals surface area contributed by atoms with Crippen LogP contribution in [0.3, 0.4) is 0 Å². The summed E-state index contributed by atoms with van der Waals surface area (Å²) >= 11 is 6.00. The summed E-state index contributed by atoms with van der Waals surface area (Å²) < 4.78 is 13.4. The minimum Gasteiger partial charge on any atom is -0.490 e. The Bertz CT molecular complexity index is 1120. The van der Waals surface area contributed by atoms with Crippen molar-refractivity contribution in [1.29, 1.82) is 0 Å². The molecule has 0 saturated heterocycles. The van der Waals surface area contributed by atoms with Gasteiger partial charge in [-0.15, -0.1) is 0 Å². The molecule has 0 fully saturated rings. The Labute approximate surface area is 206 Å². The monoisotopic (exact) mass is 484 g/mol. The summed E-state index contributed by atoms with van der Waals surface area (Å²) in [5.74, 6) is 0.598. The summed E-state index contributed by atoms with van der Waals surface area (Å²) in [7, 11) is 0. The normalized spacial score (nSPS) is 11.0. The van der Waals surface area contributed by atoms with Gasteiger partial charge in [-0.25, -0.2) is 4.79 Å². The molecule has 0 aliphatic heterocycles. The number of aromatic nitrogens is 1. The van der Waals surface area contributed by atoms with Crippen molar-refractivity contribution < 1.29 is 19.4 Å². The molecule has 1 aromatic heterocycles. The number of ether oxygens (including phenoxy) is 2. The molecule has 3 rings (SSSR count). The number of rotatable bonds is 12. The van der Waals surface area contributed by atoms with Crippen molar-refractivity contribution in [3.8, 4) is 11.5 Å². The number of hydrogen-bond donors (Lipinski definition) is 2. The van der Waals surface area contributed by atoms with Crippen LogP contribution in [0.2, 0.25) is 5.02 Å². The number of nitrogens with one attached hydrogen (secondary N) is 1. The summed E-state index contributed by atoms with van der Waals surface area (Å²) in [4.78, 5) is 12.1. The largest absolute Gasteiger partial charge is 0.490 e. The minimum absolute atomic E-state index is 0.374. The average molecular weight is 485 g/mol. The van der Waals surface area contributed by atoms with Gasteiger partial charge in [-0.1, -0.05) is 29.8 Å².